The Bertz CT molecular complexity index is 366. The highest BCUT2D eigenvalue weighted by Crippen LogP contribution is 2.24. The Kier molecular flexibility index (Phi) is 4.58. The summed E-state index contributed by atoms with van der Waals surface area (Å²) in [7, 11) is 0. The van der Waals surface area contributed by atoms with Crippen LogP contribution in [0.3, 0.4) is 0 Å². The molecule has 1 saturated heterocycles. The number of nitrogens with zero attached hydrogens (tertiary/aromatic N) is 3. The van der Waals surface area contributed by atoms with Crippen molar-refractivity contribution in [3.8, 4) is 0 Å². The second-order valence-corrected chi connectivity index (χ2v) is 5.06. The van der Waals surface area contributed by atoms with Gasteiger partial charge >= 0.3 is 6.01 Å². The van der Waals surface area contributed by atoms with Crippen LogP contribution in [0.5, 0.6) is 0 Å². The van der Waals surface area contributed by atoms with Gasteiger partial charge in [-0.3, -0.25) is 0 Å². The minimum atomic E-state index is 0.128. The van der Waals surface area contributed by atoms with Crippen molar-refractivity contribution < 1.29 is 4.42 Å². The number of aromatic nitrogens is 2. The molecule has 0 spiro atoms. The Hall–Kier alpha value is -1.10. The SMILES string of the molecule is CCNC(C)c1nnc(N2CCCC(CC)C2)o1. The minimum absolute atomic E-state index is 0.128. The maximum atomic E-state index is 5.77. The van der Waals surface area contributed by atoms with Gasteiger partial charge in [-0.05, 0) is 32.2 Å². The molecular formula is C13H24N4O. The second kappa shape index (κ2) is 6.18. The van der Waals surface area contributed by atoms with Gasteiger partial charge in [-0.25, -0.2) is 0 Å². The molecule has 0 saturated carbocycles. The van der Waals surface area contributed by atoms with Crippen LogP contribution >= 0.6 is 0 Å². The zero-order chi connectivity index (χ0) is 13.0. The van der Waals surface area contributed by atoms with Gasteiger partial charge in [0.1, 0.15) is 0 Å². The maximum Gasteiger partial charge on any atom is 0.318 e. The Balaban J connectivity index is 2.00. The summed E-state index contributed by atoms with van der Waals surface area (Å²) in [6.45, 7) is 9.36. The third kappa shape index (κ3) is 3.02. The quantitative estimate of drug-likeness (QED) is 0.872. The van der Waals surface area contributed by atoms with Crippen LogP contribution in [0.2, 0.25) is 0 Å². The number of piperidine rings is 1. The normalized spacial score (nSPS) is 22.2. The fourth-order valence-electron chi connectivity index (χ4n) is 2.49. The average molecular weight is 252 g/mol. The number of hydrogen-bond donors (Lipinski definition) is 1. The number of rotatable bonds is 5. The molecule has 102 valence electrons. The van der Waals surface area contributed by atoms with E-state index in [2.05, 4.69) is 34.3 Å². The second-order valence-electron chi connectivity index (χ2n) is 5.06. The van der Waals surface area contributed by atoms with E-state index in [1.54, 1.807) is 0 Å². The predicted molar refractivity (Wildman–Crippen MR) is 71.6 cm³/mol. The van der Waals surface area contributed by atoms with E-state index in [0.717, 1.165) is 25.6 Å². The molecule has 0 bridgehead atoms. The molecule has 5 heteroatoms. The van der Waals surface area contributed by atoms with E-state index in [0.29, 0.717) is 11.9 Å². The highest BCUT2D eigenvalue weighted by molar-refractivity contribution is 5.25. The lowest BCUT2D eigenvalue weighted by Crippen LogP contribution is -2.35. The lowest BCUT2D eigenvalue weighted by atomic mass is 9.96. The summed E-state index contributed by atoms with van der Waals surface area (Å²) in [4.78, 5) is 2.23. The molecule has 2 atom stereocenters. The first-order chi connectivity index (χ1) is 8.74. The van der Waals surface area contributed by atoms with Gasteiger partial charge in [0.2, 0.25) is 5.89 Å². The minimum Gasteiger partial charge on any atom is -0.406 e. The smallest absolute Gasteiger partial charge is 0.318 e. The summed E-state index contributed by atoms with van der Waals surface area (Å²) in [5, 5.41) is 11.6. The number of nitrogens with one attached hydrogen (secondary N) is 1. The van der Waals surface area contributed by atoms with E-state index in [1.807, 2.05) is 6.92 Å². The summed E-state index contributed by atoms with van der Waals surface area (Å²) in [6.07, 6.45) is 3.77. The van der Waals surface area contributed by atoms with Gasteiger partial charge in [-0.1, -0.05) is 25.4 Å². The molecule has 2 rings (SSSR count). The lowest BCUT2D eigenvalue weighted by molar-refractivity contribution is 0.369. The van der Waals surface area contributed by atoms with E-state index in [-0.39, 0.29) is 6.04 Å². The van der Waals surface area contributed by atoms with E-state index in [9.17, 15) is 0 Å². The van der Waals surface area contributed by atoms with Crippen molar-refractivity contribution in [1.29, 1.82) is 0 Å². The molecule has 0 radical (unpaired) electrons. The molecule has 0 aliphatic carbocycles. The van der Waals surface area contributed by atoms with Crippen LogP contribution in [0.4, 0.5) is 6.01 Å². The Labute approximate surface area is 109 Å². The standard InChI is InChI=1S/C13H24N4O/c1-4-11-7-6-8-17(9-11)13-16-15-12(18-13)10(3)14-5-2/h10-11,14H,4-9H2,1-3H3. The molecule has 1 N–H and O–H groups in total. The van der Waals surface area contributed by atoms with Gasteiger partial charge in [-0.15, -0.1) is 5.10 Å². The first-order valence-electron chi connectivity index (χ1n) is 7.06. The van der Waals surface area contributed by atoms with E-state index in [1.165, 1.54) is 19.3 Å². The Morgan fingerprint density at radius 1 is 1.44 bits per heavy atom. The average Bonchev–Trinajstić information content (AvgIpc) is 2.89. The molecule has 1 aliphatic heterocycles. The van der Waals surface area contributed by atoms with Gasteiger partial charge in [0, 0.05) is 13.1 Å². The van der Waals surface area contributed by atoms with Crippen LogP contribution < -0.4 is 10.2 Å². The van der Waals surface area contributed by atoms with Crippen molar-refractivity contribution in [3.05, 3.63) is 5.89 Å². The van der Waals surface area contributed by atoms with Gasteiger partial charge in [0.15, 0.2) is 0 Å². The van der Waals surface area contributed by atoms with Crippen molar-refractivity contribution in [2.45, 2.75) is 46.1 Å². The molecule has 1 aliphatic rings. The van der Waals surface area contributed by atoms with Gasteiger partial charge < -0.3 is 14.6 Å². The molecule has 2 unspecified atom stereocenters. The van der Waals surface area contributed by atoms with Crippen LogP contribution in [-0.2, 0) is 0 Å². The first-order valence-corrected chi connectivity index (χ1v) is 7.06. The van der Waals surface area contributed by atoms with Crippen molar-refractivity contribution in [3.63, 3.8) is 0 Å². The van der Waals surface area contributed by atoms with Crippen LogP contribution in [0, 0.1) is 5.92 Å². The molecule has 2 heterocycles. The molecular weight excluding hydrogens is 228 g/mol. The van der Waals surface area contributed by atoms with Gasteiger partial charge in [-0.2, -0.15) is 0 Å². The topological polar surface area (TPSA) is 54.2 Å². The number of hydrogen-bond acceptors (Lipinski definition) is 5. The monoisotopic (exact) mass is 252 g/mol. The largest absolute Gasteiger partial charge is 0.406 e. The molecule has 18 heavy (non-hydrogen) atoms. The maximum absolute atomic E-state index is 5.77. The summed E-state index contributed by atoms with van der Waals surface area (Å²) < 4.78 is 5.77. The van der Waals surface area contributed by atoms with Gasteiger partial charge in [0.25, 0.3) is 0 Å². The van der Waals surface area contributed by atoms with Crippen molar-refractivity contribution in [2.75, 3.05) is 24.5 Å². The molecule has 5 nitrogen and oxygen atoms in total. The highest BCUT2D eigenvalue weighted by atomic mass is 16.4. The van der Waals surface area contributed by atoms with E-state index >= 15 is 0 Å². The zero-order valence-electron chi connectivity index (χ0n) is 11.6. The van der Waals surface area contributed by atoms with Crippen molar-refractivity contribution in [2.24, 2.45) is 5.92 Å². The first kappa shape index (κ1) is 13.3. The van der Waals surface area contributed by atoms with Crippen molar-refractivity contribution in [1.82, 2.24) is 15.5 Å². The predicted octanol–water partition coefficient (Wildman–Crippen LogP) is 2.37. The van der Waals surface area contributed by atoms with E-state index < -0.39 is 0 Å². The number of anilines is 1. The summed E-state index contributed by atoms with van der Waals surface area (Å²) in [5.41, 5.74) is 0. The van der Waals surface area contributed by atoms with Gasteiger partial charge in [0.05, 0.1) is 6.04 Å². The summed E-state index contributed by atoms with van der Waals surface area (Å²) in [6, 6.07) is 0.816. The Morgan fingerprint density at radius 3 is 3.00 bits per heavy atom. The van der Waals surface area contributed by atoms with Crippen LogP contribution in [-0.4, -0.2) is 29.8 Å². The molecule has 0 amide bonds. The molecule has 0 aromatic carbocycles. The highest BCUT2D eigenvalue weighted by Gasteiger charge is 2.23. The summed E-state index contributed by atoms with van der Waals surface area (Å²) >= 11 is 0. The van der Waals surface area contributed by atoms with E-state index in [4.69, 9.17) is 4.42 Å². The van der Waals surface area contributed by atoms with Crippen LogP contribution in [0.25, 0.3) is 0 Å². The molecule has 1 aromatic rings. The fourth-order valence-corrected chi connectivity index (χ4v) is 2.49. The summed E-state index contributed by atoms with van der Waals surface area (Å²) in [5.74, 6) is 1.45. The molecule has 1 aromatic heterocycles. The third-order valence-corrected chi connectivity index (χ3v) is 3.68. The molecule has 1 fully saturated rings. The van der Waals surface area contributed by atoms with Crippen LogP contribution in [0.15, 0.2) is 4.42 Å². The van der Waals surface area contributed by atoms with Crippen LogP contribution in [0.1, 0.15) is 52.0 Å². The Morgan fingerprint density at radius 2 is 2.28 bits per heavy atom. The van der Waals surface area contributed by atoms with Crippen molar-refractivity contribution >= 4 is 6.01 Å². The lowest BCUT2D eigenvalue weighted by Gasteiger charge is -2.30. The fraction of sp³-hybridized carbons (Fsp3) is 0.846. The third-order valence-electron chi connectivity index (χ3n) is 3.68. The zero-order valence-corrected chi connectivity index (χ0v) is 11.6.